The second-order valence-electron chi connectivity index (χ2n) is 3.63. The van der Waals surface area contributed by atoms with E-state index in [0.717, 1.165) is 25.9 Å². The molecule has 1 heterocycles. The highest BCUT2D eigenvalue weighted by Crippen LogP contribution is 2.22. The van der Waals surface area contributed by atoms with Gasteiger partial charge in [0.05, 0.1) is 12.5 Å². The van der Waals surface area contributed by atoms with E-state index in [1.54, 1.807) is 0 Å². The Morgan fingerprint density at radius 1 is 1.54 bits per heavy atom. The number of hydrogen-bond donors (Lipinski definition) is 1. The van der Waals surface area contributed by atoms with Crippen LogP contribution in [0.3, 0.4) is 0 Å². The minimum Gasteiger partial charge on any atom is -0.466 e. The lowest BCUT2D eigenvalue weighted by Crippen LogP contribution is -2.34. The summed E-state index contributed by atoms with van der Waals surface area (Å²) in [6.45, 7) is 6.40. The maximum Gasteiger partial charge on any atom is 0.308 e. The number of hydrogen-bond acceptors (Lipinski definition) is 3. The fourth-order valence-corrected chi connectivity index (χ4v) is 1.81. The smallest absolute Gasteiger partial charge is 0.308 e. The molecule has 0 radical (unpaired) electrons. The summed E-state index contributed by atoms with van der Waals surface area (Å²) >= 11 is 0. The lowest BCUT2D eigenvalue weighted by molar-refractivity contribution is -0.149. The Morgan fingerprint density at radius 2 is 2.15 bits per heavy atom. The summed E-state index contributed by atoms with van der Waals surface area (Å²) in [7, 11) is 0. The van der Waals surface area contributed by atoms with Crippen molar-refractivity contribution >= 4 is 5.97 Å². The largest absolute Gasteiger partial charge is 0.466 e. The minimum atomic E-state index is -0.0330. The molecule has 3 nitrogen and oxygen atoms in total. The van der Waals surface area contributed by atoms with Crippen molar-refractivity contribution in [2.45, 2.75) is 26.7 Å². The molecule has 0 aromatic heterocycles. The van der Waals surface area contributed by atoms with Crippen LogP contribution in [-0.4, -0.2) is 25.7 Å². The summed E-state index contributed by atoms with van der Waals surface area (Å²) in [5, 5.41) is 3.29. The highest BCUT2D eigenvalue weighted by atomic mass is 16.5. The van der Waals surface area contributed by atoms with Gasteiger partial charge >= 0.3 is 5.97 Å². The van der Waals surface area contributed by atoms with E-state index in [1.807, 2.05) is 13.8 Å². The summed E-state index contributed by atoms with van der Waals surface area (Å²) in [6.07, 6.45) is 2.19. The Morgan fingerprint density at radius 3 is 2.69 bits per heavy atom. The van der Waals surface area contributed by atoms with Crippen molar-refractivity contribution in [2.75, 3.05) is 19.7 Å². The molecule has 3 heteroatoms. The van der Waals surface area contributed by atoms with Crippen molar-refractivity contribution in [3.63, 3.8) is 0 Å². The molecular formula is C10H19NO2. The first-order chi connectivity index (χ1) is 6.25. The molecular weight excluding hydrogens is 166 g/mol. The van der Waals surface area contributed by atoms with Crippen LogP contribution >= 0.6 is 0 Å². The first kappa shape index (κ1) is 10.5. The van der Waals surface area contributed by atoms with E-state index >= 15 is 0 Å². The van der Waals surface area contributed by atoms with Gasteiger partial charge in [-0.3, -0.25) is 4.79 Å². The Balaban J connectivity index is 2.35. The predicted octanol–water partition coefficient (Wildman–Crippen LogP) is 1.19. The fourth-order valence-electron chi connectivity index (χ4n) is 1.81. The summed E-state index contributed by atoms with van der Waals surface area (Å²) in [5.74, 6) is 0.553. The molecule has 1 aliphatic heterocycles. The topological polar surface area (TPSA) is 38.3 Å². The van der Waals surface area contributed by atoms with E-state index in [4.69, 9.17) is 4.74 Å². The molecule has 76 valence electrons. The van der Waals surface area contributed by atoms with Crippen LogP contribution in [-0.2, 0) is 9.53 Å². The van der Waals surface area contributed by atoms with Crippen LogP contribution in [0.2, 0.25) is 0 Å². The number of ether oxygens (including phenoxy) is 1. The second-order valence-corrected chi connectivity index (χ2v) is 3.63. The highest BCUT2D eigenvalue weighted by Gasteiger charge is 2.26. The van der Waals surface area contributed by atoms with E-state index in [0.29, 0.717) is 12.5 Å². The number of nitrogens with one attached hydrogen (secondary N) is 1. The van der Waals surface area contributed by atoms with Gasteiger partial charge in [0.25, 0.3) is 0 Å². The third-order valence-corrected chi connectivity index (χ3v) is 2.75. The molecule has 0 spiro atoms. The summed E-state index contributed by atoms with van der Waals surface area (Å²) < 4.78 is 5.00. The standard InChI is InChI=1S/C10H19NO2/c1-3-13-10(12)8(2)9-4-6-11-7-5-9/h8-9,11H,3-7H2,1-2H3/t8-/m0/s1. The first-order valence-corrected chi connectivity index (χ1v) is 5.13. The number of rotatable bonds is 3. The van der Waals surface area contributed by atoms with Crippen molar-refractivity contribution in [2.24, 2.45) is 11.8 Å². The normalized spacial score (nSPS) is 21.1. The molecule has 13 heavy (non-hydrogen) atoms. The monoisotopic (exact) mass is 185 g/mol. The average molecular weight is 185 g/mol. The lowest BCUT2D eigenvalue weighted by Gasteiger charge is -2.26. The van der Waals surface area contributed by atoms with Crippen LogP contribution in [0.5, 0.6) is 0 Å². The van der Waals surface area contributed by atoms with Crippen LogP contribution in [0.4, 0.5) is 0 Å². The molecule has 0 aromatic rings. The number of esters is 1. The van der Waals surface area contributed by atoms with Gasteiger partial charge in [-0.1, -0.05) is 6.92 Å². The first-order valence-electron chi connectivity index (χ1n) is 5.13. The van der Waals surface area contributed by atoms with Gasteiger partial charge in [0, 0.05) is 0 Å². The Bertz CT molecular complexity index is 164. The number of carbonyl (C=O) groups is 1. The summed E-state index contributed by atoms with van der Waals surface area (Å²) in [6, 6.07) is 0. The molecule has 1 aliphatic rings. The van der Waals surface area contributed by atoms with Crippen molar-refractivity contribution in [3.8, 4) is 0 Å². The Kier molecular flexibility index (Phi) is 4.22. The van der Waals surface area contributed by atoms with Gasteiger partial charge in [-0.25, -0.2) is 0 Å². The van der Waals surface area contributed by atoms with Gasteiger partial charge in [-0.2, -0.15) is 0 Å². The molecule has 1 N–H and O–H groups in total. The van der Waals surface area contributed by atoms with Crippen molar-refractivity contribution in [3.05, 3.63) is 0 Å². The molecule has 0 aliphatic carbocycles. The van der Waals surface area contributed by atoms with Gasteiger partial charge in [0.2, 0.25) is 0 Å². The Hall–Kier alpha value is -0.570. The zero-order chi connectivity index (χ0) is 9.68. The van der Waals surface area contributed by atoms with E-state index in [2.05, 4.69) is 5.32 Å². The molecule has 1 fully saturated rings. The zero-order valence-corrected chi connectivity index (χ0v) is 8.51. The molecule has 0 unspecified atom stereocenters. The maximum absolute atomic E-state index is 11.4. The third kappa shape index (κ3) is 2.99. The average Bonchev–Trinajstić information content (AvgIpc) is 2.18. The van der Waals surface area contributed by atoms with Gasteiger partial charge in [0.1, 0.15) is 0 Å². The lowest BCUT2D eigenvalue weighted by atomic mass is 9.86. The van der Waals surface area contributed by atoms with Crippen LogP contribution in [0, 0.1) is 11.8 Å². The maximum atomic E-state index is 11.4. The van der Waals surface area contributed by atoms with Crippen molar-refractivity contribution in [1.82, 2.24) is 5.32 Å². The van der Waals surface area contributed by atoms with Gasteiger partial charge in [-0.05, 0) is 38.8 Å². The number of piperidine rings is 1. The predicted molar refractivity (Wildman–Crippen MR) is 51.4 cm³/mol. The van der Waals surface area contributed by atoms with Gasteiger partial charge in [0.15, 0.2) is 0 Å². The molecule has 0 bridgehead atoms. The van der Waals surface area contributed by atoms with E-state index < -0.39 is 0 Å². The van der Waals surface area contributed by atoms with Gasteiger partial charge in [-0.15, -0.1) is 0 Å². The Labute approximate surface area is 79.8 Å². The second kappa shape index (κ2) is 5.22. The van der Waals surface area contributed by atoms with Gasteiger partial charge < -0.3 is 10.1 Å². The van der Waals surface area contributed by atoms with E-state index in [1.165, 1.54) is 0 Å². The van der Waals surface area contributed by atoms with Crippen LogP contribution in [0.15, 0.2) is 0 Å². The number of carbonyl (C=O) groups excluding carboxylic acids is 1. The van der Waals surface area contributed by atoms with Crippen molar-refractivity contribution < 1.29 is 9.53 Å². The summed E-state index contributed by atoms with van der Waals surface area (Å²) in [5.41, 5.74) is 0. The van der Waals surface area contributed by atoms with Crippen LogP contribution in [0.1, 0.15) is 26.7 Å². The molecule has 0 amide bonds. The molecule has 0 saturated carbocycles. The molecule has 1 rings (SSSR count). The SMILES string of the molecule is CCOC(=O)[C@@H](C)C1CCNCC1. The van der Waals surface area contributed by atoms with E-state index in [-0.39, 0.29) is 11.9 Å². The molecule has 1 atom stereocenters. The third-order valence-electron chi connectivity index (χ3n) is 2.75. The van der Waals surface area contributed by atoms with Crippen LogP contribution in [0.25, 0.3) is 0 Å². The van der Waals surface area contributed by atoms with Crippen molar-refractivity contribution in [1.29, 1.82) is 0 Å². The molecule has 0 aromatic carbocycles. The zero-order valence-electron chi connectivity index (χ0n) is 8.51. The summed E-state index contributed by atoms with van der Waals surface area (Å²) in [4.78, 5) is 11.4. The van der Waals surface area contributed by atoms with Crippen LogP contribution < -0.4 is 5.32 Å². The fraction of sp³-hybridized carbons (Fsp3) is 0.900. The minimum absolute atomic E-state index is 0.0330. The highest BCUT2D eigenvalue weighted by molar-refractivity contribution is 5.72. The molecule has 1 saturated heterocycles. The quantitative estimate of drug-likeness (QED) is 0.671. The van der Waals surface area contributed by atoms with E-state index in [9.17, 15) is 4.79 Å².